The lowest BCUT2D eigenvalue weighted by molar-refractivity contribution is 0.307. The standard InChI is InChI=1S/C22H23N3O3S2/c1-22(2,3)9-8-15-6-5-7-16(10-15)14-28-18-11-17(12-24-20(18)23)19-13-25-21(29-19)30(4,26)27/h5-7,10-13H,14H2,1-4H3,(H2,23,24). The summed E-state index contributed by atoms with van der Waals surface area (Å²) < 4.78 is 29.3. The summed E-state index contributed by atoms with van der Waals surface area (Å²) in [5, 5.41) is 0. The van der Waals surface area contributed by atoms with E-state index < -0.39 is 9.84 Å². The highest BCUT2D eigenvalue weighted by molar-refractivity contribution is 7.92. The first-order chi connectivity index (χ1) is 14.0. The highest BCUT2D eigenvalue weighted by atomic mass is 32.2. The van der Waals surface area contributed by atoms with E-state index in [1.165, 1.54) is 6.20 Å². The minimum absolute atomic E-state index is 0.0602. The van der Waals surface area contributed by atoms with E-state index in [1.807, 2.05) is 24.3 Å². The van der Waals surface area contributed by atoms with Crippen molar-refractivity contribution >= 4 is 27.0 Å². The molecule has 0 saturated heterocycles. The number of benzene rings is 1. The Hall–Kier alpha value is -2.89. The number of hydrogen-bond acceptors (Lipinski definition) is 7. The fourth-order valence-corrected chi connectivity index (χ4v) is 4.18. The van der Waals surface area contributed by atoms with Gasteiger partial charge in [-0.25, -0.2) is 18.4 Å². The summed E-state index contributed by atoms with van der Waals surface area (Å²) in [4.78, 5) is 8.82. The molecular weight excluding hydrogens is 418 g/mol. The summed E-state index contributed by atoms with van der Waals surface area (Å²) >= 11 is 1.08. The van der Waals surface area contributed by atoms with Gasteiger partial charge >= 0.3 is 0 Å². The van der Waals surface area contributed by atoms with E-state index >= 15 is 0 Å². The van der Waals surface area contributed by atoms with Crippen molar-refractivity contribution in [3.63, 3.8) is 0 Å². The second-order valence-electron chi connectivity index (χ2n) is 7.86. The number of pyridine rings is 1. The van der Waals surface area contributed by atoms with Crippen molar-refractivity contribution in [1.29, 1.82) is 0 Å². The Kier molecular flexibility index (Phi) is 6.15. The van der Waals surface area contributed by atoms with Crippen LogP contribution < -0.4 is 10.5 Å². The van der Waals surface area contributed by atoms with Gasteiger partial charge in [-0.15, -0.1) is 11.3 Å². The van der Waals surface area contributed by atoms with E-state index in [0.29, 0.717) is 22.8 Å². The Morgan fingerprint density at radius 2 is 1.93 bits per heavy atom. The van der Waals surface area contributed by atoms with E-state index in [0.717, 1.165) is 28.7 Å². The van der Waals surface area contributed by atoms with Crippen LogP contribution in [0.25, 0.3) is 10.4 Å². The third-order valence-corrected chi connectivity index (χ3v) is 6.61. The van der Waals surface area contributed by atoms with E-state index in [1.54, 1.807) is 12.3 Å². The minimum atomic E-state index is -3.35. The monoisotopic (exact) mass is 441 g/mol. The second kappa shape index (κ2) is 8.46. The predicted octanol–water partition coefficient (Wildman–Crippen LogP) is 4.17. The molecule has 2 N–H and O–H groups in total. The smallest absolute Gasteiger partial charge is 0.209 e. The van der Waals surface area contributed by atoms with Crippen molar-refractivity contribution in [2.75, 3.05) is 12.0 Å². The largest absolute Gasteiger partial charge is 0.485 e. The molecule has 0 aliphatic carbocycles. The van der Waals surface area contributed by atoms with Crippen LogP contribution in [0.4, 0.5) is 5.82 Å². The average Bonchev–Trinajstić information content (AvgIpc) is 3.16. The highest BCUT2D eigenvalue weighted by Gasteiger charge is 2.15. The van der Waals surface area contributed by atoms with Crippen molar-refractivity contribution < 1.29 is 13.2 Å². The summed E-state index contributed by atoms with van der Waals surface area (Å²) in [6.07, 6.45) is 4.21. The molecule has 0 aliphatic heterocycles. The number of sulfone groups is 1. The molecule has 0 bridgehead atoms. The molecule has 0 unspecified atom stereocenters. The van der Waals surface area contributed by atoms with Crippen LogP contribution in [0, 0.1) is 17.3 Å². The Morgan fingerprint density at radius 3 is 2.60 bits per heavy atom. The number of nitrogen functional groups attached to an aromatic ring is 1. The van der Waals surface area contributed by atoms with Crippen molar-refractivity contribution in [1.82, 2.24) is 9.97 Å². The third kappa shape index (κ3) is 5.81. The maximum Gasteiger partial charge on any atom is 0.209 e. The third-order valence-electron chi connectivity index (χ3n) is 3.87. The lowest BCUT2D eigenvalue weighted by Crippen LogP contribution is -2.01. The Bertz CT molecular complexity index is 1230. The van der Waals surface area contributed by atoms with Gasteiger partial charge in [-0.1, -0.05) is 24.0 Å². The Balaban J connectivity index is 1.79. The van der Waals surface area contributed by atoms with Crippen LogP contribution in [0.1, 0.15) is 31.9 Å². The number of thiazole rings is 1. The molecule has 1 aromatic carbocycles. The molecule has 3 rings (SSSR count). The van der Waals surface area contributed by atoms with Gasteiger partial charge in [0.1, 0.15) is 6.61 Å². The number of nitrogens with two attached hydrogens (primary N) is 1. The SMILES string of the molecule is CC(C)(C)C#Cc1cccc(COc2cc(-c3cnc(S(C)(=O)=O)s3)cnc2N)c1. The average molecular weight is 442 g/mol. The van der Waals surface area contributed by atoms with Crippen molar-refractivity contribution in [2.45, 2.75) is 31.7 Å². The number of rotatable bonds is 5. The Labute approximate surface area is 181 Å². The van der Waals surface area contributed by atoms with Crippen molar-refractivity contribution in [2.24, 2.45) is 5.41 Å². The molecule has 3 aromatic rings. The van der Waals surface area contributed by atoms with E-state index in [9.17, 15) is 8.42 Å². The molecule has 6 nitrogen and oxygen atoms in total. The lowest BCUT2D eigenvalue weighted by Gasteiger charge is -2.10. The molecular formula is C22H23N3O3S2. The van der Waals surface area contributed by atoms with E-state index in [4.69, 9.17) is 10.5 Å². The zero-order valence-corrected chi connectivity index (χ0v) is 18.9. The fourth-order valence-electron chi connectivity index (χ4n) is 2.43. The summed E-state index contributed by atoms with van der Waals surface area (Å²) in [6.45, 7) is 6.50. The molecule has 2 heterocycles. The molecule has 2 aromatic heterocycles. The normalized spacial score (nSPS) is 11.6. The van der Waals surface area contributed by atoms with Crippen LogP contribution in [0.15, 0.2) is 47.1 Å². The Morgan fingerprint density at radius 1 is 1.17 bits per heavy atom. The summed E-state index contributed by atoms with van der Waals surface area (Å²) in [7, 11) is -3.35. The molecule has 0 spiro atoms. The molecule has 0 fully saturated rings. The van der Waals surface area contributed by atoms with E-state index in [-0.39, 0.29) is 15.6 Å². The van der Waals surface area contributed by atoms with Gasteiger partial charge in [0.25, 0.3) is 0 Å². The first-order valence-electron chi connectivity index (χ1n) is 9.18. The fraction of sp³-hybridized carbons (Fsp3) is 0.273. The summed E-state index contributed by atoms with van der Waals surface area (Å²) in [6, 6.07) is 9.58. The maximum absolute atomic E-state index is 11.7. The van der Waals surface area contributed by atoms with Gasteiger partial charge in [0.15, 0.2) is 11.6 Å². The molecule has 0 radical (unpaired) electrons. The van der Waals surface area contributed by atoms with Crippen LogP contribution in [0.2, 0.25) is 0 Å². The quantitative estimate of drug-likeness (QED) is 0.597. The van der Waals surface area contributed by atoms with Crippen molar-refractivity contribution in [3.8, 4) is 28.0 Å². The molecule has 0 atom stereocenters. The van der Waals surface area contributed by atoms with E-state index in [2.05, 4.69) is 42.6 Å². The van der Waals surface area contributed by atoms with Gasteiger partial charge in [-0.3, -0.25) is 0 Å². The van der Waals surface area contributed by atoms with Gasteiger partial charge in [-0.05, 0) is 44.5 Å². The van der Waals surface area contributed by atoms with Crippen molar-refractivity contribution in [3.05, 3.63) is 53.9 Å². The van der Waals surface area contributed by atoms with Gasteiger partial charge in [0, 0.05) is 35.2 Å². The van der Waals surface area contributed by atoms with Crippen LogP contribution in [-0.4, -0.2) is 24.6 Å². The molecule has 0 amide bonds. The molecule has 0 saturated carbocycles. The molecule has 8 heteroatoms. The number of ether oxygens (including phenoxy) is 1. The first kappa shape index (κ1) is 21.8. The lowest BCUT2D eigenvalue weighted by atomic mass is 9.97. The summed E-state index contributed by atoms with van der Waals surface area (Å²) in [5.41, 5.74) is 8.46. The molecule has 0 aliphatic rings. The van der Waals surface area contributed by atoms with Gasteiger partial charge in [0.2, 0.25) is 14.2 Å². The van der Waals surface area contributed by atoms with Gasteiger partial charge in [0.05, 0.1) is 4.88 Å². The summed E-state index contributed by atoms with van der Waals surface area (Å²) in [5.74, 6) is 7.08. The van der Waals surface area contributed by atoms with Crippen LogP contribution in [-0.2, 0) is 16.4 Å². The number of aromatic nitrogens is 2. The van der Waals surface area contributed by atoms with Gasteiger partial charge < -0.3 is 10.5 Å². The zero-order chi connectivity index (χ0) is 21.9. The maximum atomic E-state index is 11.7. The predicted molar refractivity (Wildman–Crippen MR) is 120 cm³/mol. The number of nitrogens with zero attached hydrogens (tertiary/aromatic N) is 2. The second-order valence-corrected chi connectivity index (χ2v) is 11.1. The topological polar surface area (TPSA) is 95.2 Å². The molecule has 156 valence electrons. The number of hydrogen-bond donors (Lipinski definition) is 1. The van der Waals surface area contributed by atoms with Gasteiger partial charge in [-0.2, -0.15) is 0 Å². The van der Waals surface area contributed by atoms with Crippen LogP contribution in [0.3, 0.4) is 0 Å². The highest BCUT2D eigenvalue weighted by Crippen LogP contribution is 2.32. The zero-order valence-electron chi connectivity index (χ0n) is 17.3. The van der Waals surface area contributed by atoms with Crippen LogP contribution in [0.5, 0.6) is 5.75 Å². The minimum Gasteiger partial charge on any atom is -0.485 e. The van der Waals surface area contributed by atoms with Crippen LogP contribution >= 0.6 is 11.3 Å². The molecule has 30 heavy (non-hydrogen) atoms. The first-order valence-corrected chi connectivity index (χ1v) is 11.9. The number of anilines is 1.